The van der Waals surface area contributed by atoms with Gasteiger partial charge < -0.3 is 50.3 Å². The minimum absolute atomic E-state index is 0.0229. The molecule has 2 rings (SSSR count). The van der Waals surface area contributed by atoms with Gasteiger partial charge in [-0.1, -0.05) is 0 Å². The molecule has 1 heterocycles. The lowest BCUT2D eigenvalue weighted by Gasteiger charge is -2.44. The zero-order chi connectivity index (χ0) is 17.3. The monoisotopic (exact) mass is 340 g/mol. The Labute approximate surface area is 132 Å². The summed E-state index contributed by atoms with van der Waals surface area (Å²) in [7, 11) is 0. The highest BCUT2D eigenvalue weighted by Gasteiger charge is 2.48. The van der Waals surface area contributed by atoms with E-state index in [1.165, 1.54) is 0 Å². The highest BCUT2D eigenvalue weighted by Crippen LogP contribution is 2.31. The first-order valence-electron chi connectivity index (χ1n) is 7.42. The molecule has 1 aliphatic heterocycles. The van der Waals surface area contributed by atoms with Crippen molar-refractivity contribution in [2.75, 3.05) is 13.2 Å². The minimum Gasteiger partial charge on any atom is -0.396 e. The predicted octanol–water partition coefficient (Wildman–Crippen LogP) is -4.73. The van der Waals surface area contributed by atoms with E-state index >= 15 is 0 Å². The van der Waals surface area contributed by atoms with Crippen LogP contribution in [0.15, 0.2) is 0 Å². The molecule has 0 bridgehead atoms. The van der Waals surface area contributed by atoms with Crippen molar-refractivity contribution < 1.29 is 50.3 Å². The second-order valence-electron chi connectivity index (χ2n) is 6.02. The quantitative estimate of drug-likeness (QED) is 0.247. The molecule has 136 valence electrons. The largest absolute Gasteiger partial charge is 0.396 e. The molecule has 0 aromatic rings. The van der Waals surface area contributed by atoms with E-state index in [1.807, 2.05) is 0 Å². The van der Waals surface area contributed by atoms with Crippen LogP contribution in [0.4, 0.5) is 0 Å². The van der Waals surface area contributed by atoms with E-state index < -0.39 is 74.3 Å². The summed E-state index contributed by atoms with van der Waals surface area (Å²) in [5, 5.41) is 77.1. The molecule has 5 unspecified atom stereocenters. The molecular weight excluding hydrogens is 316 g/mol. The van der Waals surface area contributed by atoms with Crippen LogP contribution in [-0.4, -0.2) is 109 Å². The number of hydrogen-bond donors (Lipinski definition) is 8. The maximum absolute atomic E-state index is 9.96. The minimum atomic E-state index is -1.64. The SMILES string of the molecule is OCC1C[C@@H](O[C@H]2OC(CO)[C@@H](O)[C@@H](O)C2O)C(O)C(O)[C@H]1O. The summed E-state index contributed by atoms with van der Waals surface area (Å²) in [5.41, 5.74) is 0. The van der Waals surface area contributed by atoms with Gasteiger partial charge in [-0.15, -0.1) is 0 Å². The van der Waals surface area contributed by atoms with Crippen LogP contribution in [0.25, 0.3) is 0 Å². The summed E-state index contributed by atoms with van der Waals surface area (Å²) >= 11 is 0. The van der Waals surface area contributed by atoms with Crippen LogP contribution >= 0.6 is 0 Å². The van der Waals surface area contributed by atoms with Gasteiger partial charge in [0.25, 0.3) is 0 Å². The Kier molecular flexibility index (Phi) is 6.30. The second kappa shape index (κ2) is 7.66. The molecule has 10 atom stereocenters. The van der Waals surface area contributed by atoms with Gasteiger partial charge in [-0.05, 0) is 6.42 Å². The molecule has 0 spiro atoms. The predicted molar refractivity (Wildman–Crippen MR) is 71.9 cm³/mol. The molecule has 2 aliphatic rings. The van der Waals surface area contributed by atoms with Gasteiger partial charge in [0.1, 0.15) is 36.6 Å². The van der Waals surface area contributed by atoms with Crippen molar-refractivity contribution in [3.63, 3.8) is 0 Å². The molecule has 0 aromatic carbocycles. The summed E-state index contributed by atoms with van der Waals surface area (Å²) < 4.78 is 10.5. The number of rotatable bonds is 4. The first-order valence-corrected chi connectivity index (χ1v) is 7.42. The summed E-state index contributed by atoms with van der Waals surface area (Å²) in [6.07, 6.45) is -12.9. The number of aliphatic hydroxyl groups excluding tert-OH is 8. The second-order valence-corrected chi connectivity index (χ2v) is 6.02. The van der Waals surface area contributed by atoms with E-state index in [-0.39, 0.29) is 6.42 Å². The van der Waals surface area contributed by atoms with E-state index in [4.69, 9.17) is 14.6 Å². The summed E-state index contributed by atoms with van der Waals surface area (Å²) in [4.78, 5) is 0. The lowest BCUT2D eigenvalue weighted by Crippen LogP contribution is -2.62. The van der Waals surface area contributed by atoms with Gasteiger partial charge >= 0.3 is 0 Å². The molecule has 1 aliphatic carbocycles. The zero-order valence-corrected chi connectivity index (χ0v) is 12.3. The van der Waals surface area contributed by atoms with Gasteiger partial charge in [0.2, 0.25) is 0 Å². The van der Waals surface area contributed by atoms with Crippen molar-refractivity contribution >= 4 is 0 Å². The third kappa shape index (κ3) is 3.66. The average Bonchev–Trinajstić information content (AvgIpc) is 2.55. The molecule has 10 nitrogen and oxygen atoms in total. The first-order chi connectivity index (χ1) is 10.8. The number of hydrogen-bond acceptors (Lipinski definition) is 10. The molecule has 1 saturated carbocycles. The summed E-state index contributed by atoms with van der Waals surface area (Å²) in [6.45, 7) is -1.07. The van der Waals surface area contributed by atoms with Crippen LogP contribution in [0, 0.1) is 5.92 Å². The number of aliphatic hydroxyl groups is 8. The standard InChI is InChI=1S/C13H24O10/c14-2-4-1-5(8(17)10(19)7(4)16)22-13-12(21)11(20)9(18)6(3-15)23-13/h4-21H,1-3H2/t4?,5-,6?,7+,8?,9-,10?,11-,12?,13+/m1/s1. The Bertz CT molecular complexity index is 344. The van der Waals surface area contributed by atoms with Crippen LogP contribution in [-0.2, 0) is 9.47 Å². The Morgan fingerprint density at radius 1 is 0.739 bits per heavy atom. The fraction of sp³-hybridized carbons (Fsp3) is 1.00. The van der Waals surface area contributed by atoms with Crippen molar-refractivity contribution in [1.82, 2.24) is 0 Å². The third-order valence-corrected chi connectivity index (χ3v) is 4.49. The van der Waals surface area contributed by atoms with E-state index in [0.29, 0.717) is 0 Å². The summed E-state index contributed by atoms with van der Waals surface area (Å²) in [5.74, 6) is -0.747. The van der Waals surface area contributed by atoms with E-state index in [1.54, 1.807) is 0 Å². The van der Waals surface area contributed by atoms with E-state index in [0.717, 1.165) is 0 Å². The molecule has 0 amide bonds. The van der Waals surface area contributed by atoms with E-state index in [2.05, 4.69) is 0 Å². The van der Waals surface area contributed by atoms with Crippen LogP contribution in [0.3, 0.4) is 0 Å². The van der Waals surface area contributed by atoms with Gasteiger partial charge in [0.15, 0.2) is 6.29 Å². The highest BCUT2D eigenvalue weighted by atomic mass is 16.7. The average molecular weight is 340 g/mol. The molecule has 0 aromatic heterocycles. The summed E-state index contributed by atoms with van der Waals surface area (Å²) in [6, 6.07) is 0. The van der Waals surface area contributed by atoms with E-state index in [9.17, 15) is 35.7 Å². The van der Waals surface area contributed by atoms with Crippen LogP contribution in [0.5, 0.6) is 0 Å². The fourth-order valence-corrected chi connectivity index (χ4v) is 2.95. The van der Waals surface area contributed by atoms with Gasteiger partial charge in [-0.2, -0.15) is 0 Å². The van der Waals surface area contributed by atoms with Crippen molar-refractivity contribution in [3.05, 3.63) is 0 Å². The first kappa shape index (κ1) is 18.9. The van der Waals surface area contributed by atoms with Crippen LogP contribution in [0.2, 0.25) is 0 Å². The third-order valence-electron chi connectivity index (χ3n) is 4.49. The van der Waals surface area contributed by atoms with Gasteiger partial charge in [0.05, 0.1) is 18.8 Å². The molecule has 1 saturated heterocycles. The fourth-order valence-electron chi connectivity index (χ4n) is 2.95. The molecule has 10 heteroatoms. The molecule has 0 radical (unpaired) electrons. The smallest absolute Gasteiger partial charge is 0.187 e. The Morgan fingerprint density at radius 3 is 1.91 bits per heavy atom. The van der Waals surface area contributed by atoms with Crippen LogP contribution < -0.4 is 0 Å². The maximum atomic E-state index is 9.96. The van der Waals surface area contributed by atoms with Gasteiger partial charge in [-0.25, -0.2) is 0 Å². The zero-order valence-electron chi connectivity index (χ0n) is 12.3. The Hall–Kier alpha value is -0.400. The van der Waals surface area contributed by atoms with Gasteiger partial charge in [0, 0.05) is 12.5 Å². The van der Waals surface area contributed by atoms with Crippen molar-refractivity contribution in [2.45, 2.75) is 61.5 Å². The Balaban J connectivity index is 2.07. The Morgan fingerprint density at radius 2 is 1.35 bits per heavy atom. The topological polar surface area (TPSA) is 180 Å². The van der Waals surface area contributed by atoms with Crippen LogP contribution in [0.1, 0.15) is 6.42 Å². The van der Waals surface area contributed by atoms with Crippen molar-refractivity contribution in [2.24, 2.45) is 5.92 Å². The van der Waals surface area contributed by atoms with Gasteiger partial charge in [-0.3, -0.25) is 0 Å². The number of ether oxygens (including phenoxy) is 2. The molecule has 2 fully saturated rings. The van der Waals surface area contributed by atoms with Crippen molar-refractivity contribution in [3.8, 4) is 0 Å². The van der Waals surface area contributed by atoms with Crippen molar-refractivity contribution in [1.29, 1.82) is 0 Å². The highest BCUT2D eigenvalue weighted by molar-refractivity contribution is 4.95. The lowest BCUT2D eigenvalue weighted by molar-refractivity contribution is -0.326. The normalized spacial score (nSPS) is 51.7. The molecule has 8 N–H and O–H groups in total. The lowest BCUT2D eigenvalue weighted by atomic mass is 9.81. The maximum Gasteiger partial charge on any atom is 0.187 e. The molecular formula is C13H24O10. The molecule has 23 heavy (non-hydrogen) atoms.